The molecule has 0 fully saturated rings. The lowest BCUT2D eigenvalue weighted by molar-refractivity contribution is 0.0405. The molecular formula is C23H31NO5. The van der Waals surface area contributed by atoms with Crippen LogP contribution in [0, 0.1) is 0 Å². The molecule has 0 aliphatic rings. The van der Waals surface area contributed by atoms with Crippen molar-refractivity contribution in [2.24, 2.45) is 4.99 Å². The molecule has 1 N–H and O–H groups in total. The van der Waals surface area contributed by atoms with E-state index in [1.165, 1.54) is 0 Å². The zero-order valence-corrected chi connectivity index (χ0v) is 17.3. The summed E-state index contributed by atoms with van der Waals surface area (Å²) in [4.78, 5) is 4.50. The number of nitrogens with zero attached hydrogens (tertiary/aromatic N) is 1. The van der Waals surface area contributed by atoms with Gasteiger partial charge in [0.2, 0.25) is 0 Å². The second kappa shape index (κ2) is 13.7. The lowest BCUT2D eigenvalue weighted by Gasteiger charge is -2.11. The number of rotatable bonds is 14. The van der Waals surface area contributed by atoms with Crippen molar-refractivity contribution in [3.63, 3.8) is 0 Å². The Labute approximate surface area is 173 Å². The highest BCUT2D eigenvalue weighted by Gasteiger charge is 2.06. The van der Waals surface area contributed by atoms with E-state index in [2.05, 4.69) is 4.99 Å². The smallest absolute Gasteiger partial charge is 0.119 e. The third-order valence-electron chi connectivity index (χ3n) is 4.23. The van der Waals surface area contributed by atoms with Crippen molar-refractivity contribution in [3.8, 4) is 11.5 Å². The number of aliphatic hydroxyl groups is 1. The minimum Gasteiger partial charge on any atom is -0.497 e. The average Bonchev–Trinajstić information content (AvgIpc) is 2.77. The van der Waals surface area contributed by atoms with Gasteiger partial charge in [-0.15, -0.1) is 0 Å². The second-order valence-electron chi connectivity index (χ2n) is 6.39. The summed E-state index contributed by atoms with van der Waals surface area (Å²) in [5.41, 5.74) is 2.06. The fraction of sp³-hybridized carbons (Fsp3) is 0.435. The molecule has 6 nitrogen and oxygen atoms in total. The van der Waals surface area contributed by atoms with Crippen molar-refractivity contribution in [1.29, 1.82) is 0 Å². The molecule has 0 radical (unpaired) electrons. The van der Waals surface area contributed by atoms with Gasteiger partial charge in [-0.1, -0.05) is 12.1 Å². The van der Waals surface area contributed by atoms with Crippen LogP contribution in [0.3, 0.4) is 0 Å². The molecule has 0 amide bonds. The summed E-state index contributed by atoms with van der Waals surface area (Å²) in [5.74, 6) is 1.60. The first-order chi connectivity index (χ1) is 14.2. The Bertz CT molecular complexity index is 700. The number of aliphatic imine (C=N–C) groups is 1. The number of benzene rings is 2. The maximum absolute atomic E-state index is 9.64. The standard InChI is InChI=1S/C23H31NO5/c1-3-27-12-13-28-14-15-29-23-10-4-19(5-11-23)16-21(18-25)24-17-20-6-8-22(26-2)9-7-20/h4-11,17,21,25H,3,12-16,18H2,1-2H3/b24-17+. The van der Waals surface area contributed by atoms with Gasteiger partial charge < -0.3 is 24.1 Å². The van der Waals surface area contributed by atoms with Crippen molar-refractivity contribution < 1.29 is 24.1 Å². The summed E-state index contributed by atoms with van der Waals surface area (Å²) >= 11 is 0. The molecule has 2 aromatic carbocycles. The molecule has 6 heteroatoms. The van der Waals surface area contributed by atoms with E-state index in [-0.39, 0.29) is 12.6 Å². The predicted octanol–water partition coefficient (Wildman–Crippen LogP) is 3.15. The van der Waals surface area contributed by atoms with Crippen LogP contribution in [-0.2, 0) is 15.9 Å². The first kappa shape index (κ1) is 22.9. The van der Waals surface area contributed by atoms with Gasteiger partial charge in [0.15, 0.2) is 0 Å². The lowest BCUT2D eigenvalue weighted by Crippen LogP contribution is -2.14. The van der Waals surface area contributed by atoms with Crippen LogP contribution in [0.25, 0.3) is 0 Å². The van der Waals surface area contributed by atoms with Gasteiger partial charge in [-0.25, -0.2) is 0 Å². The molecule has 0 spiro atoms. The van der Waals surface area contributed by atoms with Crippen molar-refractivity contribution in [2.45, 2.75) is 19.4 Å². The molecule has 158 valence electrons. The molecule has 1 unspecified atom stereocenters. The van der Waals surface area contributed by atoms with E-state index in [1.807, 2.05) is 55.5 Å². The second-order valence-corrected chi connectivity index (χ2v) is 6.39. The summed E-state index contributed by atoms with van der Waals surface area (Å²) in [6.07, 6.45) is 2.44. The van der Waals surface area contributed by atoms with Crippen LogP contribution in [0.4, 0.5) is 0 Å². The normalized spacial score (nSPS) is 12.2. The third-order valence-corrected chi connectivity index (χ3v) is 4.23. The lowest BCUT2D eigenvalue weighted by atomic mass is 10.1. The van der Waals surface area contributed by atoms with Crippen molar-refractivity contribution in [1.82, 2.24) is 0 Å². The van der Waals surface area contributed by atoms with Crippen molar-refractivity contribution >= 4 is 6.21 Å². The van der Waals surface area contributed by atoms with Gasteiger partial charge in [0.05, 0.1) is 39.6 Å². The van der Waals surface area contributed by atoms with E-state index < -0.39 is 0 Å². The van der Waals surface area contributed by atoms with Crippen LogP contribution >= 0.6 is 0 Å². The van der Waals surface area contributed by atoms with Gasteiger partial charge in [-0.05, 0) is 60.9 Å². The Kier molecular flexibility index (Phi) is 10.8. The van der Waals surface area contributed by atoms with Crippen molar-refractivity contribution in [3.05, 3.63) is 59.7 Å². The summed E-state index contributed by atoms with van der Waals surface area (Å²) in [6, 6.07) is 15.3. The van der Waals surface area contributed by atoms with E-state index in [1.54, 1.807) is 13.3 Å². The minimum atomic E-state index is -0.192. The quantitative estimate of drug-likeness (QED) is 0.389. The number of aliphatic hydroxyl groups excluding tert-OH is 1. The molecule has 2 rings (SSSR count). The Morgan fingerprint density at radius 3 is 2.21 bits per heavy atom. The number of hydrogen-bond acceptors (Lipinski definition) is 6. The molecule has 1 atom stereocenters. The topological polar surface area (TPSA) is 69.5 Å². The van der Waals surface area contributed by atoms with Crippen LogP contribution in [-0.4, -0.2) is 64.1 Å². The molecule has 0 saturated carbocycles. The first-order valence-electron chi connectivity index (χ1n) is 9.90. The molecule has 0 saturated heterocycles. The van der Waals surface area contributed by atoms with E-state index in [4.69, 9.17) is 18.9 Å². The zero-order valence-electron chi connectivity index (χ0n) is 17.3. The predicted molar refractivity (Wildman–Crippen MR) is 114 cm³/mol. The Morgan fingerprint density at radius 1 is 0.897 bits per heavy atom. The fourth-order valence-electron chi connectivity index (χ4n) is 2.62. The summed E-state index contributed by atoms with van der Waals surface area (Å²) in [7, 11) is 1.64. The van der Waals surface area contributed by atoms with Crippen LogP contribution in [0.15, 0.2) is 53.5 Å². The van der Waals surface area contributed by atoms with Crippen LogP contribution in [0.2, 0.25) is 0 Å². The van der Waals surface area contributed by atoms with Gasteiger partial charge in [0, 0.05) is 12.8 Å². The zero-order chi connectivity index (χ0) is 20.7. The van der Waals surface area contributed by atoms with E-state index in [0.717, 1.165) is 22.6 Å². The molecule has 0 aromatic heterocycles. The highest BCUT2D eigenvalue weighted by molar-refractivity contribution is 5.79. The minimum absolute atomic E-state index is 0.00993. The maximum Gasteiger partial charge on any atom is 0.119 e. The third kappa shape index (κ3) is 9.09. The monoisotopic (exact) mass is 401 g/mol. The van der Waals surface area contributed by atoms with Crippen LogP contribution < -0.4 is 9.47 Å². The summed E-state index contributed by atoms with van der Waals surface area (Å²) < 4.78 is 21.4. The SMILES string of the molecule is CCOCCOCCOc1ccc(CC(CO)/N=C/c2ccc(OC)cc2)cc1. The van der Waals surface area contributed by atoms with Crippen LogP contribution in [0.1, 0.15) is 18.1 Å². The molecular weight excluding hydrogens is 370 g/mol. The summed E-state index contributed by atoms with van der Waals surface area (Å²) in [6.45, 7) is 4.87. The Hall–Kier alpha value is -2.41. The van der Waals surface area contributed by atoms with Gasteiger partial charge in [0.25, 0.3) is 0 Å². The van der Waals surface area contributed by atoms with E-state index in [0.29, 0.717) is 39.5 Å². The maximum atomic E-state index is 9.64. The van der Waals surface area contributed by atoms with Crippen molar-refractivity contribution in [2.75, 3.05) is 46.8 Å². The number of ether oxygens (including phenoxy) is 4. The molecule has 2 aromatic rings. The molecule has 0 heterocycles. The highest BCUT2D eigenvalue weighted by Crippen LogP contribution is 2.15. The van der Waals surface area contributed by atoms with Crippen LogP contribution in [0.5, 0.6) is 11.5 Å². The van der Waals surface area contributed by atoms with Gasteiger partial charge >= 0.3 is 0 Å². The van der Waals surface area contributed by atoms with E-state index in [9.17, 15) is 5.11 Å². The molecule has 0 bridgehead atoms. The molecule has 0 aliphatic carbocycles. The molecule has 0 aliphatic heterocycles. The fourth-order valence-corrected chi connectivity index (χ4v) is 2.62. The first-order valence-corrected chi connectivity index (χ1v) is 9.90. The van der Waals surface area contributed by atoms with Gasteiger partial charge in [-0.3, -0.25) is 4.99 Å². The number of methoxy groups -OCH3 is 1. The number of hydrogen-bond donors (Lipinski definition) is 1. The molecule has 29 heavy (non-hydrogen) atoms. The van der Waals surface area contributed by atoms with Gasteiger partial charge in [-0.2, -0.15) is 0 Å². The summed E-state index contributed by atoms with van der Waals surface area (Å²) in [5, 5.41) is 9.64. The Morgan fingerprint density at radius 2 is 1.55 bits per heavy atom. The average molecular weight is 402 g/mol. The van der Waals surface area contributed by atoms with E-state index >= 15 is 0 Å². The largest absolute Gasteiger partial charge is 0.497 e. The highest BCUT2D eigenvalue weighted by atomic mass is 16.5. The van der Waals surface area contributed by atoms with Gasteiger partial charge in [0.1, 0.15) is 18.1 Å². The Balaban J connectivity index is 1.75.